The van der Waals surface area contributed by atoms with Crippen LogP contribution in [0.15, 0.2) is 78.9 Å². The first-order chi connectivity index (χ1) is 17.1. The minimum absolute atomic E-state index is 0.222. The highest BCUT2D eigenvalue weighted by Gasteiger charge is 2.36. The van der Waals surface area contributed by atoms with Crippen LogP contribution in [0.4, 0.5) is 11.4 Å². The van der Waals surface area contributed by atoms with E-state index in [0.29, 0.717) is 18.4 Å². The van der Waals surface area contributed by atoms with Gasteiger partial charge < -0.3 is 4.90 Å². The summed E-state index contributed by atoms with van der Waals surface area (Å²) in [5.74, 6) is 0.939. The summed E-state index contributed by atoms with van der Waals surface area (Å²) in [6, 6.07) is 26.8. The number of rotatable bonds is 7. The summed E-state index contributed by atoms with van der Waals surface area (Å²) in [6.07, 6.45) is 0. The molecule has 2 atom stereocenters. The largest absolute Gasteiger partial charge is 0.369 e. The van der Waals surface area contributed by atoms with E-state index in [1.54, 1.807) is 12.1 Å². The monoisotopic (exact) mass is 470 g/mol. The molecule has 3 aromatic carbocycles. The molecule has 2 heterocycles. The van der Waals surface area contributed by atoms with Gasteiger partial charge in [0.25, 0.3) is 5.69 Å². The van der Waals surface area contributed by atoms with Gasteiger partial charge in [0.05, 0.1) is 4.92 Å². The number of benzene rings is 3. The summed E-state index contributed by atoms with van der Waals surface area (Å²) in [5, 5.41) is 11.5. The molecule has 0 bridgehead atoms. The molecule has 2 aliphatic heterocycles. The van der Waals surface area contributed by atoms with Crippen LogP contribution >= 0.6 is 0 Å². The summed E-state index contributed by atoms with van der Waals surface area (Å²) < 4.78 is 0. The fourth-order valence-electron chi connectivity index (χ4n) is 5.69. The van der Waals surface area contributed by atoms with Crippen LogP contribution in [0, 0.1) is 23.0 Å². The van der Waals surface area contributed by atoms with Gasteiger partial charge in [0.1, 0.15) is 0 Å². The maximum atomic E-state index is 11.5. The Bertz CT molecular complexity index is 1130. The zero-order valence-corrected chi connectivity index (χ0v) is 20.4. The molecule has 0 amide bonds. The molecule has 2 aliphatic rings. The van der Waals surface area contributed by atoms with Crippen molar-refractivity contribution in [2.24, 2.45) is 5.92 Å². The lowest BCUT2D eigenvalue weighted by molar-refractivity contribution is -0.385. The Balaban J connectivity index is 1.28. The molecule has 2 fully saturated rings. The Labute approximate surface area is 207 Å². The van der Waals surface area contributed by atoms with Crippen LogP contribution in [0.3, 0.4) is 0 Å². The van der Waals surface area contributed by atoms with Crippen molar-refractivity contribution in [3.63, 3.8) is 0 Å². The molecule has 0 N–H and O–H groups in total. The van der Waals surface area contributed by atoms with E-state index < -0.39 is 0 Å². The van der Waals surface area contributed by atoms with Gasteiger partial charge in [-0.05, 0) is 30.5 Å². The predicted octanol–water partition coefficient (Wildman–Crippen LogP) is 4.94. The SMILES string of the molecule is Cc1ccc([C@H]2CN(Cc3ccccc3[N+](=O)[O-])C[C@@H]2CN2CCN(c3ccccc3)CC2)cc1. The minimum Gasteiger partial charge on any atom is -0.369 e. The molecule has 0 aromatic heterocycles. The standard InChI is InChI=1S/C29H34N4O2/c1-23-11-13-24(14-12-23)28-22-31(19-25-7-5-6-10-29(25)33(34)35)21-26(28)20-30-15-17-32(18-16-30)27-8-3-2-4-9-27/h2-14,26,28H,15-22H2,1H3/t26-,28+/m0/s1. The van der Waals surface area contributed by atoms with Crippen LogP contribution in [0.2, 0.25) is 0 Å². The van der Waals surface area contributed by atoms with Crippen LogP contribution in [-0.2, 0) is 6.54 Å². The molecular weight excluding hydrogens is 436 g/mol. The second-order valence-corrected chi connectivity index (χ2v) is 9.98. The molecule has 2 saturated heterocycles. The Morgan fingerprint density at radius 3 is 2.23 bits per heavy atom. The number of para-hydroxylation sites is 2. The van der Waals surface area contributed by atoms with E-state index in [-0.39, 0.29) is 10.6 Å². The van der Waals surface area contributed by atoms with Crippen LogP contribution in [0.25, 0.3) is 0 Å². The maximum Gasteiger partial charge on any atom is 0.273 e. The molecule has 5 rings (SSSR count). The van der Waals surface area contributed by atoms with Gasteiger partial charge in [-0.2, -0.15) is 0 Å². The van der Waals surface area contributed by atoms with Crippen molar-refractivity contribution in [1.82, 2.24) is 9.80 Å². The third kappa shape index (κ3) is 5.55. The second kappa shape index (κ2) is 10.6. The summed E-state index contributed by atoms with van der Waals surface area (Å²) in [5.41, 5.74) is 4.99. The highest BCUT2D eigenvalue weighted by molar-refractivity contribution is 5.46. The minimum atomic E-state index is -0.257. The smallest absolute Gasteiger partial charge is 0.273 e. The Morgan fingerprint density at radius 2 is 1.51 bits per heavy atom. The molecule has 0 saturated carbocycles. The number of nitro benzene ring substituents is 1. The van der Waals surface area contributed by atoms with Gasteiger partial charge in [-0.3, -0.25) is 19.9 Å². The third-order valence-electron chi connectivity index (χ3n) is 7.59. The van der Waals surface area contributed by atoms with Gasteiger partial charge in [0, 0.05) is 75.6 Å². The predicted molar refractivity (Wildman–Crippen MR) is 141 cm³/mol. The van der Waals surface area contributed by atoms with Crippen molar-refractivity contribution >= 4 is 11.4 Å². The van der Waals surface area contributed by atoms with E-state index in [1.165, 1.54) is 16.8 Å². The highest BCUT2D eigenvalue weighted by atomic mass is 16.6. The van der Waals surface area contributed by atoms with Gasteiger partial charge in [-0.25, -0.2) is 0 Å². The zero-order valence-electron chi connectivity index (χ0n) is 20.4. The lowest BCUT2D eigenvalue weighted by Crippen LogP contribution is -2.48. The summed E-state index contributed by atoms with van der Waals surface area (Å²) in [7, 11) is 0. The summed E-state index contributed by atoms with van der Waals surface area (Å²) in [4.78, 5) is 18.8. The Kier molecular flexibility index (Phi) is 7.11. The van der Waals surface area contributed by atoms with E-state index in [0.717, 1.165) is 51.4 Å². The average Bonchev–Trinajstić information content (AvgIpc) is 3.27. The number of likely N-dealkylation sites (tertiary alicyclic amines) is 1. The lowest BCUT2D eigenvalue weighted by Gasteiger charge is -2.38. The Morgan fingerprint density at radius 1 is 0.829 bits per heavy atom. The van der Waals surface area contributed by atoms with Crippen molar-refractivity contribution in [3.8, 4) is 0 Å². The van der Waals surface area contributed by atoms with Crippen LogP contribution < -0.4 is 4.90 Å². The number of nitro groups is 1. The van der Waals surface area contributed by atoms with E-state index in [1.807, 2.05) is 12.1 Å². The van der Waals surface area contributed by atoms with E-state index >= 15 is 0 Å². The number of aryl methyl sites for hydroxylation is 1. The van der Waals surface area contributed by atoms with Crippen molar-refractivity contribution in [2.45, 2.75) is 19.4 Å². The molecule has 6 heteroatoms. The van der Waals surface area contributed by atoms with Crippen molar-refractivity contribution < 1.29 is 4.92 Å². The van der Waals surface area contributed by atoms with Gasteiger partial charge in [-0.15, -0.1) is 0 Å². The number of anilines is 1. The fourth-order valence-corrected chi connectivity index (χ4v) is 5.69. The summed E-state index contributed by atoms with van der Waals surface area (Å²) in [6.45, 7) is 9.94. The number of hydrogen-bond acceptors (Lipinski definition) is 5. The van der Waals surface area contributed by atoms with Crippen molar-refractivity contribution in [3.05, 3.63) is 106 Å². The van der Waals surface area contributed by atoms with Gasteiger partial charge in [0.15, 0.2) is 0 Å². The molecule has 0 aliphatic carbocycles. The zero-order chi connectivity index (χ0) is 24.2. The third-order valence-corrected chi connectivity index (χ3v) is 7.59. The summed E-state index contributed by atoms with van der Waals surface area (Å²) >= 11 is 0. The van der Waals surface area contributed by atoms with Gasteiger partial charge in [0.2, 0.25) is 0 Å². The van der Waals surface area contributed by atoms with Gasteiger partial charge >= 0.3 is 0 Å². The molecule has 6 nitrogen and oxygen atoms in total. The van der Waals surface area contributed by atoms with Crippen molar-refractivity contribution in [1.29, 1.82) is 0 Å². The molecule has 182 valence electrons. The van der Waals surface area contributed by atoms with Crippen LogP contribution in [-0.4, -0.2) is 60.5 Å². The van der Waals surface area contributed by atoms with Crippen LogP contribution in [0.1, 0.15) is 22.6 Å². The van der Waals surface area contributed by atoms with Crippen LogP contribution in [0.5, 0.6) is 0 Å². The fraction of sp³-hybridized carbons (Fsp3) is 0.379. The number of nitrogens with zero attached hydrogens (tertiary/aromatic N) is 4. The normalized spacial score (nSPS) is 21.3. The maximum absolute atomic E-state index is 11.5. The van der Waals surface area contributed by atoms with E-state index in [9.17, 15) is 10.1 Å². The Hall–Kier alpha value is -3.22. The number of hydrogen-bond donors (Lipinski definition) is 0. The first kappa shape index (κ1) is 23.5. The van der Waals surface area contributed by atoms with E-state index in [4.69, 9.17) is 0 Å². The molecule has 0 radical (unpaired) electrons. The van der Waals surface area contributed by atoms with Crippen molar-refractivity contribution in [2.75, 3.05) is 50.7 Å². The second-order valence-electron chi connectivity index (χ2n) is 9.98. The molecular formula is C29H34N4O2. The van der Waals surface area contributed by atoms with E-state index in [2.05, 4.69) is 76.2 Å². The quantitative estimate of drug-likeness (QED) is 0.362. The molecule has 35 heavy (non-hydrogen) atoms. The first-order valence-corrected chi connectivity index (χ1v) is 12.6. The molecule has 3 aromatic rings. The molecule has 0 unspecified atom stereocenters. The topological polar surface area (TPSA) is 52.9 Å². The lowest BCUT2D eigenvalue weighted by atomic mass is 9.88. The first-order valence-electron chi connectivity index (χ1n) is 12.6. The molecule has 0 spiro atoms. The number of piperazine rings is 1. The highest BCUT2D eigenvalue weighted by Crippen LogP contribution is 2.35. The average molecular weight is 471 g/mol. The van der Waals surface area contributed by atoms with Gasteiger partial charge in [-0.1, -0.05) is 66.2 Å².